The Labute approximate surface area is 430 Å². The van der Waals surface area contributed by atoms with E-state index in [0.29, 0.717) is 6.42 Å². The molecule has 1 aliphatic rings. The minimum atomic E-state index is -5.09. The molecule has 1 amide bonds. The molecule has 0 radical (unpaired) electrons. The van der Waals surface area contributed by atoms with Crippen molar-refractivity contribution in [2.75, 3.05) is 13.2 Å². The van der Waals surface area contributed by atoms with Crippen molar-refractivity contribution in [3.05, 3.63) is 12.2 Å². The smallest absolute Gasteiger partial charge is 0.394 e. The topological polar surface area (TPSA) is 192 Å². The molecule has 6 N–H and O–H groups in total. The van der Waals surface area contributed by atoms with Gasteiger partial charge in [-0.15, -0.1) is 0 Å². The average molecular weight is 1020 g/mol. The monoisotopic (exact) mass is 1020 g/mol. The number of amides is 1. The number of hydrogen-bond donors (Lipinski definition) is 6. The van der Waals surface area contributed by atoms with E-state index in [0.717, 1.165) is 38.5 Å². The number of aliphatic hydroxyl groups is 4. The number of carbonyl (C=O) groups excluding carboxylic acids is 1. The molecule has 0 saturated carbocycles. The van der Waals surface area contributed by atoms with Gasteiger partial charge in [0.2, 0.25) is 5.91 Å². The number of nitrogens with one attached hydrogen (secondary N) is 1. The van der Waals surface area contributed by atoms with Gasteiger partial charge in [0.25, 0.3) is 0 Å². The van der Waals surface area contributed by atoms with E-state index in [1.54, 1.807) is 6.08 Å². The van der Waals surface area contributed by atoms with E-state index in [9.17, 15) is 38.2 Å². The number of hydrogen-bond acceptors (Lipinski definition) is 10. The van der Waals surface area contributed by atoms with E-state index >= 15 is 0 Å². The Kier molecular flexibility index (Phi) is 45.4. The predicted molar refractivity (Wildman–Crippen MR) is 287 cm³/mol. The lowest BCUT2D eigenvalue weighted by Gasteiger charge is -2.41. The molecule has 416 valence electrons. The Morgan fingerprint density at radius 1 is 0.557 bits per heavy atom. The molecule has 0 bridgehead atoms. The van der Waals surface area contributed by atoms with Gasteiger partial charge in [-0.05, 0) is 19.3 Å². The van der Waals surface area contributed by atoms with Crippen LogP contribution in [0.2, 0.25) is 0 Å². The van der Waals surface area contributed by atoms with Crippen molar-refractivity contribution in [1.29, 1.82) is 0 Å². The quantitative estimate of drug-likeness (QED) is 0.0193. The van der Waals surface area contributed by atoms with Crippen LogP contribution in [0.4, 0.5) is 0 Å². The van der Waals surface area contributed by atoms with Crippen LogP contribution in [0.25, 0.3) is 0 Å². The van der Waals surface area contributed by atoms with Crippen molar-refractivity contribution in [2.24, 2.45) is 0 Å². The van der Waals surface area contributed by atoms with Gasteiger partial charge in [0.1, 0.15) is 24.4 Å². The first-order valence-electron chi connectivity index (χ1n) is 29.6. The molecule has 7 unspecified atom stereocenters. The van der Waals surface area contributed by atoms with Crippen molar-refractivity contribution in [1.82, 2.24) is 5.32 Å². The predicted octanol–water partition coefficient (Wildman–Crippen LogP) is 13.8. The summed E-state index contributed by atoms with van der Waals surface area (Å²) in [6, 6.07) is -0.940. The van der Waals surface area contributed by atoms with Crippen LogP contribution in [0.3, 0.4) is 0 Å². The third-order valence-corrected chi connectivity index (χ3v) is 14.8. The first-order valence-corrected chi connectivity index (χ1v) is 30.9. The number of aliphatic hydroxyl groups excluding tert-OH is 4. The molecule has 0 aromatic heterocycles. The fourth-order valence-corrected chi connectivity index (χ4v) is 10.3. The highest BCUT2D eigenvalue weighted by Crippen LogP contribution is 2.26. The van der Waals surface area contributed by atoms with E-state index < -0.39 is 59.9 Å². The van der Waals surface area contributed by atoms with Crippen LogP contribution in [-0.2, 0) is 28.9 Å². The van der Waals surface area contributed by atoms with E-state index in [2.05, 4.69) is 23.3 Å². The molecule has 1 saturated heterocycles. The number of carbonyl (C=O) groups is 1. The number of ether oxygens (including phenoxy) is 2. The second-order valence-electron chi connectivity index (χ2n) is 20.9. The fourth-order valence-electron chi connectivity index (χ4n) is 9.75. The molecule has 13 heteroatoms. The van der Waals surface area contributed by atoms with Crippen LogP contribution in [0, 0.1) is 0 Å². The highest BCUT2D eigenvalue weighted by Gasteiger charge is 2.48. The molecule has 12 nitrogen and oxygen atoms in total. The van der Waals surface area contributed by atoms with E-state index in [1.165, 1.54) is 225 Å². The van der Waals surface area contributed by atoms with E-state index in [-0.39, 0.29) is 18.9 Å². The summed E-state index contributed by atoms with van der Waals surface area (Å²) in [6.45, 7) is 3.45. The van der Waals surface area contributed by atoms with Gasteiger partial charge in [-0.3, -0.25) is 9.35 Å². The maximum Gasteiger partial charge on any atom is 0.397 e. The van der Waals surface area contributed by atoms with Crippen molar-refractivity contribution < 1.29 is 51.8 Å². The van der Waals surface area contributed by atoms with Crippen LogP contribution < -0.4 is 5.32 Å². The average Bonchev–Trinajstić information content (AvgIpc) is 3.33. The van der Waals surface area contributed by atoms with Gasteiger partial charge < -0.3 is 35.2 Å². The van der Waals surface area contributed by atoms with Crippen molar-refractivity contribution >= 4 is 16.3 Å². The Hall–Kier alpha value is -1.16. The molecule has 1 heterocycles. The molecular formula is C57H111NO11S. The second kappa shape index (κ2) is 47.5. The minimum Gasteiger partial charge on any atom is -0.394 e. The normalized spacial score (nSPS) is 19.6. The van der Waals surface area contributed by atoms with Gasteiger partial charge in [0.05, 0.1) is 25.4 Å². The summed E-state index contributed by atoms with van der Waals surface area (Å²) in [5, 5.41) is 45.0. The highest BCUT2D eigenvalue weighted by atomic mass is 32.3. The number of allylic oxidation sites excluding steroid dienone is 1. The standard InChI is InChI=1S/C57H111NO11S/c1-3-5-7-9-11-13-15-17-19-21-23-25-27-28-30-32-34-36-38-40-42-44-46-51(60)50(49-67-57-55(63)56(69-70(64,65)66)54(62)52(48-59)68-57)58-53(61)47-45-43-41-39-37-35-33-31-29-26-24-22-20-18-16-14-12-10-8-6-4-2/h44,46,50-52,54-57,59-60,62-63H,3-43,45,47-49H2,1-2H3,(H,58,61)(H,64,65,66)/b46-44+. The van der Waals surface area contributed by atoms with Crippen LogP contribution in [0.5, 0.6) is 0 Å². The molecule has 7 atom stereocenters. The van der Waals surface area contributed by atoms with Gasteiger partial charge in [-0.1, -0.05) is 276 Å². The highest BCUT2D eigenvalue weighted by molar-refractivity contribution is 7.80. The fraction of sp³-hybridized carbons (Fsp3) is 0.947. The van der Waals surface area contributed by atoms with Gasteiger partial charge in [0, 0.05) is 6.42 Å². The third kappa shape index (κ3) is 39.3. The zero-order valence-electron chi connectivity index (χ0n) is 45.1. The van der Waals surface area contributed by atoms with Crippen molar-refractivity contribution in [3.8, 4) is 0 Å². The van der Waals surface area contributed by atoms with E-state index in [4.69, 9.17) is 9.47 Å². The van der Waals surface area contributed by atoms with Gasteiger partial charge in [-0.25, -0.2) is 4.18 Å². The maximum absolute atomic E-state index is 13.1. The molecule has 0 aliphatic carbocycles. The molecule has 1 rings (SSSR count). The summed E-state index contributed by atoms with van der Waals surface area (Å²) >= 11 is 0. The first kappa shape index (κ1) is 66.9. The Balaban J connectivity index is 2.36. The molecule has 0 spiro atoms. The first-order chi connectivity index (χ1) is 34.0. The van der Waals surface area contributed by atoms with Crippen LogP contribution in [0.15, 0.2) is 12.2 Å². The van der Waals surface area contributed by atoms with Crippen LogP contribution >= 0.6 is 0 Å². The summed E-state index contributed by atoms with van der Waals surface area (Å²) in [4.78, 5) is 13.1. The molecule has 0 aromatic rings. The number of rotatable bonds is 52. The maximum atomic E-state index is 13.1. The second-order valence-corrected chi connectivity index (χ2v) is 22.0. The zero-order valence-corrected chi connectivity index (χ0v) is 45.9. The molecule has 1 fully saturated rings. The summed E-state index contributed by atoms with van der Waals surface area (Å²) in [6.07, 6.45) is 48.2. The van der Waals surface area contributed by atoms with Crippen LogP contribution in [0.1, 0.15) is 290 Å². The Morgan fingerprint density at radius 2 is 0.900 bits per heavy atom. The third-order valence-electron chi connectivity index (χ3n) is 14.3. The molecular weight excluding hydrogens is 907 g/mol. The Bertz CT molecular complexity index is 1290. The van der Waals surface area contributed by atoms with Gasteiger partial charge in [-0.2, -0.15) is 8.42 Å². The van der Waals surface area contributed by atoms with Gasteiger partial charge >= 0.3 is 10.4 Å². The summed E-state index contributed by atoms with van der Waals surface area (Å²) in [5.74, 6) is -0.255. The van der Waals surface area contributed by atoms with E-state index in [1.807, 2.05) is 6.08 Å². The van der Waals surface area contributed by atoms with Crippen molar-refractivity contribution in [3.63, 3.8) is 0 Å². The largest absolute Gasteiger partial charge is 0.397 e. The summed E-state index contributed by atoms with van der Waals surface area (Å²) in [5.41, 5.74) is 0. The SMILES string of the molecule is CCCCCCCCCCCCCCCCCCCCCC/C=C/C(O)C(COC1OC(CO)C(O)C(OS(=O)(=O)O)C1O)NC(=O)CCCCCCCCCCCCCCCCCCCCCCC. The van der Waals surface area contributed by atoms with Crippen LogP contribution in [-0.4, -0.2) is 95.4 Å². The Morgan fingerprint density at radius 3 is 1.24 bits per heavy atom. The molecule has 1 aliphatic heterocycles. The number of unbranched alkanes of at least 4 members (excludes halogenated alkanes) is 40. The summed E-state index contributed by atoms with van der Waals surface area (Å²) in [7, 11) is -5.09. The minimum absolute atomic E-state index is 0.255. The lowest BCUT2D eigenvalue weighted by Crippen LogP contribution is -2.61. The van der Waals surface area contributed by atoms with Crippen molar-refractivity contribution in [2.45, 2.75) is 333 Å². The zero-order chi connectivity index (χ0) is 51.2. The molecule has 70 heavy (non-hydrogen) atoms. The summed E-state index contributed by atoms with van der Waals surface area (Å²) < 4.78 is 47.9. The molecule has 0 aromatic carbocycles. The lowest BCUT2D eigenvalue weighted by molar-refractivity contribution is -0.298. The lowest BCUT2D eigenvalue weighted by atomic mass is 9.99. The van der Waals surface area contributed by atoms with Gasteiger partial charge in [0.15, 0.2) is 6.29 Å².